The molecule has 0 amide bonds. The molecule has 0 radical (unpaired) electrons. The van der Waals surface area contributed by atoms with Crippen LogP contribution in [0.3, 0.4) is 0 Å². The number of carbonyl (C=O) groups excluding carboxylic acids is 3. The molecule has 0 aromatic carbocycles. The zero-order valence-electron chi connectivity index (χ0n) is 13.7. The summed E-state index contributed by atoms with van der Waals surface area (Å²) in [5.41, 5.74) is 0. The second kappa shape index (κ2) is 7.20. The SMILES string of the molecule is CCC(=O)OCOC(=O)/C=C/C(=O)OC1CC2CC1C1C=CCC21. The topological polar surface area (TPSA) is 78.9 Å². The van der Waals surface area contributed by atoms with Crippen molar-refractivity contribution in [3.63, 3.8) is 0 Å². The number of rotatable bonds is 6. The van der Waals surface area contributed by atoms with E-state index >= 15 is 0 Å². The molecule has 3 aliphatic carbocycles. The third-order valence-corrected chi connectivity index (χ3v) is 5.28. The van der Waals surface area contributed by atoms with Crippen LogP contribution in [0, 0.1) is 23.7 Å². The van der Waals surface area contributed by atoms with Gasteiger partial charge in [0.15, 0.2) is 0 Å². The number of esters is 3. The molecule has 3 rings (SSSR count). The summed E-state index contributed by atoms with van der Waals surface area (Å²) < 4.78 is 14.8. The zero-order chi connectivity index (χ0) is 17.1. The number of hydrogen-bond acceptors (Lipinski definition) is 6. The number of carbonyl (C=O) groups is 3. The van der Waals surface area contributed by atoms with Crippen molar-refractivity contribution >= 4 is 17.9 Å². The van der Waals surface area contributed by atoms with Crippen LogP contribution in [0.5, 0.6) is 0 Å². The summed E-state index contributed by atoms with van der Waals surface area (Å²) in [6.07, 6.45) is 9.92. The standard InChI is InChI=1S/C18H22O6/c1-2-16(19)22-10-23-17(20)6-7-18(21)24-15-9-11-8-14(15)13-5-3-4-12(11)13/h3,5-7,11-15H,2,4,8-10H2,1H3/b7-6+. The lowest BCUT2D eigenvalue weighted by Crippen LogP contribution is -2.31. The normalized spacial score (nSPS) is 32.8. The van der Waals surface area contributed by atoms with Gasteiger partial charge in [0.05, 0.1) is 0 Å². The molecule has 130 valence electrons. The Kier molecular flexibility index (Phi) is 5.02. The molecule has 0 N–H and O–H groups in total. The Balaban J connectivity index is 1.40. The molecule has 6 nitrogen and oxygen atoms in total. The van der Waals surface area contributed by atoms with E-state index < -0.39 is 24.7 Å². The van der Waals surface area contributed by atoms with Gasteiger partial charge >= 0.3 is 17.9 Å². The number of fused-ring (bicyclic) bond motifs is 5. The molecule has 6 heteroatoms. The first-order chi connectivity index (χ1) is 11.6. The van der Waals surface area contributed by atoms with Crippen molar-refractivity contribution in [2.75, 3.05) is 6.79 Å². The van der Waals surface area contributed by atoms with Gasteiger partial charge in [-0.3, -0.25) is 4.79 Å². The second-order valence-electron chi connectivity index (χ2n) is 6.56. The van der Waals surface area contributed by atoms with E-state index in [4.69, 9.17) is 4.74 Å². The van der Waals surface area contributed by atoms with Crippen molar-refractivity contribution in [3.8, 4) is 0 Å². The zero-order valence-corrected chi connectivity index (χ0v) is 13.7. The molecule has 0 heterocycles. The monoisotopic (exact) mass is 334 g/mol. The lowest BCUT2D eigenvalue weighted by atomic mass is 9.80. The maximum absolute atomic E-state index is 11.9. The first-order valence-electron chi connectivity index (χ1n) is 8.46. The average molecular weight is 334 g/mol. The third-order valence-electron chi connectivity index (χ3n) is 5.28. The van der Waals surface area contributed by atoms with Crippen LogP contribution in [0.25, 0.3) is 0 Å². The summed E-state index contributed by atoms with van der Waals surface area (Å²) in [5, 5.41) is 0. The van der Waals surface area contributed by atoms with E-state index in [2.05, 4.69) is 21.6 Å². The van der Waals surface area contributed by atoms with Gasteiger partial charge in [-0.25, -0.2) is 9.59 Å². The van der Waals surface area contributed by atoms with Gasteiger partial charge in [-0.1, -0.05) is 19.1 Å². The predicted molar refractivity (Wildman–Crippen MR) is 83.3 cm³/mol. The van der Waals surface area contributed by atoms with Crippen LogP contribution < -0.4 is 0 Å². The fourth-order valence-corrected chi connectivity index (χ4v) is 4.25. The van der Waals surface area contributed by atoms with Crippen molar-refractivity contribution in [1.82, 2.24) is 0 Å². The molecule has 2 fully saturated rings. The molecular weight excluding hydrogens is 312 g/mol. The highest BCUT2D eigenvalue weighted by Crippen LogP contribution is 2.57. The summed E-state index contributed by atoms with van der Waals surface area (Å²) >= 11 is 0. The van der Waals surface area contributed by atoms with Crippen LogP contribution in [-0.4, -0.2) is 30.8 Å². The summed E-state index contributed by atoms with van der Waals surface area (Å²) in [7, 11) is 0. The maximum Gasteiger partial charge on any atom is 0.333 e. The van der Waals surface area contributed by atoms with Crippen molar-refractivity contribution in [2.24, 2.45) is 23.7 Å². The first kappa shape index (κ1) is 16.7. The fourth-order valence-electron chi connectivity index (χ4n) is 4.25. The molecule has 0 saturated heterocycles. The van der Waals surface area contributed by atoms with Gasteiger partial charge in [0.25, 0.3) is 0 Å². The highest BCUT2D eigenvalue weighted by atomic mass is 16.7. The quantitative estimate of drug-likeness (QED) is 0.320. The third kappa shape index (κ3) is 3.52. The number of allylic oxidation sites excluding steroid dienone is 2. The summed E-state index contributed by atoms with van der Waals surface area (Å²) in [6, 6.07) is 0. The molecule has 0 aromatic rings. The Labute approximate surface area is 140 Å². The molecule has 0 aliphatic heterocycles. The lowest BCUT2D eigenvalue weighted by Gasteiger charge is -2.30. The van der Waals surface area contributed by atoms with E-state index in [1.165, 1.54) is 0 Å². The van der Waals surface area contributed by atoms with Crippen LogP contribution in [0.4, 0.5) is 0 Å². The van der Waals surface area contributed by atoms with Crippen molar-refractivity contribution in [1.29, 1.82) is 0 Å². The second-order valence-corrected chi connectivity index (χ2v) is 6.56. The molecule has 0 spiro atoms. The molecule has 3 aliphatic rings. The Hall–Kier alpha value is -2.11. The average Bonchev–Trinajstić information content (AvgIpc) is 3.25. The smallest absolute Gasteiger partial charge is 0.333 e. The van der Waals surface area contributed by atoms with E-state index in [-0.39, 0.29) is 12.5 Å². The van der Waals surface area contributed by atoms with Gasteiger partial charge in [-0.15, -0.1) is 0 Å². The molecule has 5 atom stereocenters. The number of ether oxygens (including phenoxy) is 3. The van der Waals surface area contributed by atoms with Gasteiger partial charge in [0.1, 0.15) is 6.10 Å². The van der Waals surface area contributed by atoms with Gasteiger partial charge < -0.3 is 14.2 Å². The fraction of sp³-hybridized carbons (Fsp3) is 0.611. The minimum atomic E-state index is -0.748. The highest BCUT2D eigenvalue weighted by Gasteiger charge is 2.53. The first-order valence-corrected chi connectivity index (χ1v) is 8.46. The molecule has 5 unspecified atom stereocenters. The van der Waals surface area contributed by atoms with Crippen LogP contribution in [0.2, 0.25) is 0 Å². The largest absolute Gasteiger partial charge is 0.459 e. The van der Waals surface area contributed by atoms with E-state index in [1.54, 1.807) is 6.92 Å². The maximum atomic E-state index is 11.9. The summed E-state index contributed by atoms with van der Waals surface area (Å²) in [5.74, 6) is 0.606. The van der Waals surface area contributed by atoms with Crippen LogP contribution >= 0.6 is 0 Å². The summed E-state index contributed by atoms with van der Waals surface area (Å²) in [6.45, 7) is 1.19. The molecular formula is C18H22O6. The van der Waals surface area contributed by atoms with Gasteiger partial charge in [0, 0.05) is 24.5 Å². The predicted octanol–water partition coefficient (Wildman–Crippen LogP) is 2.14. The van der Waals surface area contributed by atoms with E-state index in [1.807, 2.05) is 0 Å². The molecule has 24 heavy (non-hydrogen) atoms. The van der Waals surface area contributed by atoms with Crippen LogP contribution in [-0.2, 0) is 28.6 Å². The van der Waals surface area contributed by atoms with Crippen LogP contribution in [0.15, 0.2) is 24.3 Å². The summed E-state index contributed by atoms with van der Waals surface area (Å²) in [4.78, 5) is 34.2. The van der Waals surface area contributed by atoms with E-state index in [9.17, 15) is 14.4 Å². The molecule has 0 aromatic heterocycles. The minimum Gasteiger partial charge on any atom is -0.459 e. The molecule has 2 saturated carbocycles. The van der Waals surface area contributed by atoms with E-state index in [0.717, 1.165) is 37.3 Å². The van der Waals surface area contributed by atoms with Crippen molar-refractivity contribution in [2.45, 2.75) is 38.7 Å². The van der Waals surface area contributed by atoms with Gasteiger partial charge in [0.2, 0.25) is 6.79 Å². The Morgan fingerprint density at radius 2 is 1.88 bits per heavy atom. The van der Waals surface area contributed by atoms with Crippen molar-refractivity contribution in [3.05, 3.63) is 24.3 Å². The Morgan fingerprint density at radius 3 is 2.67 bits per heavy atom. The lowest BCUT2D eigenvalue weighted by molar-refractivity contribution is -0.164. The Bertz CT molecular complexity index is 578. The number of hydrogen-bond donors (Lipinski definition) is 0. The highest BCUT2D eigenvalue weighted by molar-refractivity contribution is 5.91. The van der Waals surface area contributed by atoms with Gasteiger partial charge in [-0.2, -0.15) is 0 Å². The van der Waals surface area contributed by atoms with Gasteiger partial charge in [-0.05, 0) is 37.0 Å². The van der Waals surface area contributed by atoms with E-state index in [0.29, 0.717) is 17.8 Å². The minimum absolute atomic E-state index is 0.0577. The Morgan fingerprint density at radius 1 is 1.08 bits per heavy atom. The van der Waals surface area contributed by atoms with Crippen molar-refractivity contribution < 1.29 is 28.6 Å². The molecule has 2 bridgehead atoms. The van der Waals surface area contributed by atoms with Crippen LogP contribution in [0.1, 0.15) is 32.6 Å².